The largest absolute Gasteiger partial charge is 0.384 e. The molecule has 5 heteroatoms. The summed E-state index contributed by atoms with van der Waals surface area (Å²) in [7, 11) is 0. The molecule has 0 spiro atoms. The highest BCUT2D eigenvalue weighted by atomic mass is 35.5. The molecule has 2 aromatic rings. The fourth-order valence-corrected chi connectivity index (χ4v) is 1.55. The molecule has 0 saturated heterocycles. The van der Waals surface area contributed by atoms with Gasteiger partial charge >= 0.3 is 0 Å². The molecule has 4 nitrogen and oxygen atoms in total. The summed E-state index contributed by atoms with van der Waals surface area (Å²) < 4.78 is 5.59. The van der Waals surface area contributed by atoms with E-state index in [1.165, 1.54) is 0 Å². The van der Waals surface area contributed by atoms with Gasteiger partial charge in [-0.1, -0.05) is 24.3 Å². The Morgan fingerprint density at radius 1 is 1.00 bits per heavy atom. The van der Waals surface area contributed by atoms with Crippen LogP contribution in [0.25, 0.3) is 0 Å². The molecule has 0 aliphatic carbocycles. The lowest BCUT2D eigenvalue weighted by molar-refractivity contribution is 0.107. The molecule has 0 fully saturated rings. The van der Waals surface area contributed by atoms with E-state index < -0.39 is 0 Å². The van der Waals surface area contributed by atoms with Gasteiger partial charge in [-0.05, 0) is 23.3 Å². The monoisotopic (exact) mass is 277 g/mol. The molecule has 3 N–H and O–H groups in total. The second-order valence-electron chi connectivity index (χ2n) is 3.96. The number of amidine groups is 1. The summed E-state index contributed by atoms with van der Waals surface area (Å²) in [5.74, 6) is 0.0826. The second kappa shape index (κ2) is 7.51. The Morgan fingerprint density at radius 2 is 1.53 bits per heavy atom. The molecule has 0 amide bonds. The van der Waals surface area contributed by atoms with E-state index >= 15 is 0 Å². The van der Waals surface area contributed by atoms with Gasteiger partial charge < -0.3 is 10.5 Å². The summed E-state index contributed by atoms with van der Waals surface area (Å²) in [6.07, 6.45) is 3.50. The standard InChI is InChI=1S/C14H15N3O.ClH/c15-14(16)13-3-1-11(2-4-13)9-18-10-12-5-7-17-8-6-12;/h1-8H,9-10H2,(H3,15,16);1H. The maximum atomic E-state index is 7.30. The molecule has 19 heavy (non-hydrogen) atoms. The van der Waals surface area contributed by atoms with Crippen LogP contribution in [0.2, 0.25) is 0 Å². The van der Waals surface area contributed by atoms with Crippen molar-refractivity contribution in [1.29, 1.82) is 5.41 Å². The number of aromatic nitrogens is 1. The topological polar surface area (TPSA) is 72.0 Å². The zero-order valence-electron chi connectivity index (χ0n) is 10.4. The van der Waals surface area contributed by atoms with Crippen LogP contribution in [0.4, 0.5) is 0 Å². The highest BCUT2D eigenvalue weighted by Crippen LogP contribution is 2.07. The quantitative estimate of drug-likeness (QED) is 0.651. The van der Waals surface area contributed by atoms with Crippen LogP contribution >= 0.6 is 12.4 Å². The van der Waals surface area contributed by atoms with Crippen molar-refractivity contribution in [2.75, 3.05) is 0 Å². The molecule has 0 aliphatic rings. The molecule has 0 aliphatic heterocycles. The number of rotatable bonds is 5. The Labute approximate surface area is 118 Å². The average molecular weight is 278 g/mol. The smallest absolute Gasteiger partial charge is 0.122 e. The number of nitrogen functional groups attached to an aromatic ring is 1. The summed E-state index contributed by atoms with van der Waals surface area (Å²) in [5, 5.41) is 7.30. The predicted molar refractivity (Wildman–Crippen MR) is 77.4 cm³/mol. The van der Waals surface area contributed by atoms with Crippen LogP contribution in [0, 0.1) is 5.41 Å². The minimum absolute atomic E-state index is 0. The van der Waals surface area contributed by atoms with Crippen LogP contribution < -0.4 is 5.73 Å². The Bertz CT molecular complexity index is 514. The zero-order valence-corrected chi connectivity index (χ0v) is 11.2. The lowest BCUT2D eigenvalue weighted by Gasteiger charge is -2.05. The van der Waals surface area contributed by atoms with Crippen molar-refractivity contribution < 1.29 is 4.74 Å². The van der Waals surface area contributed by atoms with E-state index in [4.69, 9.17) is 15.9 Å². The highest BCUT2D eigenvalue weighted by molar-refractivity contribution is 5.94. The number of nitrogens with zero attached hydrogens (tertiary/aromatic N) is 1. The van der Waals surface area contributed by atoms with E-state index in [0.29, 0.717) is 13.2 Å². The first-order chi connectivity index (χ1) is 8.75. The van der Waals surface area contributed by atoms with E-state index in [1.54, 1.807) is 12.4 Å². The predicted octanol–water partition coefficient (Wildman–Crippen LogP) is 2.50. The molecule has 0 saturated carbocycles. The van der Waals surface area contributed by atoms with Gasteiger partial charge in [0.25, 0.3) is 0 Å². The van der Waals surface area contributed by atoms with E-state index in [-0.39, 0.29) is 18.2 Å². The lowest BCUT2D eigenvalue weighted by atomic mass is 10.1. The van der Waals surface area contributed by atoms with Crippen molar-refractivity contribution in [2.24, 2.45) is 5.73 Å². The molecule has 1 aromatic carbocycles. The molecule has 1 heterocycles. The summed E-state index contributed by atoms with van der Waals surface area (Å²) in [6, 6.07) is 11.4. The Morgan fingerprint density at radius 3 is 2.05 bits per heavy atom. The first-order valence-corrected chi connectivity index (χ1v) is 5.65. The average Bonchev–Trinajstić information content (AvgIpc) is 2.40. The van der Waals surface area contributed by atoms with Gasteiger partial charge in [-0.2, -0.15) is 0 Å². The second-order valence-corrected chi connectivity index (χ2v) is 3.96. The number of nitrogens with one attached hydrogen (secondary N) is 1. The number of nitrogens with two attached hydrogens (primary N) is 1. The van der Waals surface area contributed by atoms with Crippen LogP contribution in [-0.2, 0) is 18.0 Å². The van der Waals surface area contributed by atoms with Gasteiger partial charge in [-0.25, -0.2) is 0 Å². The third kappa shape index (κ3) is 4.69. The van der Waals surface area contributed by atoms with Gasteiger partial charge in [-0.15, -0.1) is 12.4 Å². The van der Waals surface area contributed by atoms with Crippen molar-refractivity contribution in [3.8, 4) is 0 Å². The van der Waals surface area contributed by atoms with Crippen LogP contribution in [0.5, 0.6) is 0 Å². The number of ether oxygens (including phenoxy) is 1. The molecule has 0 atom stereocenters. The van der Waals surface area contributed by atoms with Gasteiger partial charge in [0.05, 0.1) is 13.2 Å². The van der Waals surface area contributed by atoms with E-state index in [0.717, 1.165) is 16.7 Å². The Kier molecular flexibility index (Phi) is 5.99. The normalized spacial score (nSPS) is 9.68. The highest BCUT2D eigenvalue weighted by Gasteiger charge is 1.98. The van der Waals surface area contributed by atoms with Gasteiger partial charge in [0.1, 0.15) is 5.84 Å². The maximum Gasteiger partial charge on any atom is 0.122 e. The fourth-order valence-electron chi connectivity index (χ4n) is 1.55. The minimum atomic E-state index is 0. The summed E-state index contributed by atoms with van der Waals surface area (Å²) in [4.78, 5) is 3.95. The SMILES string of the molecule is Cl.N=C(N)c1ccc(COCc2ccncc2)cc1. The number of halogens is 1. The first kappa shape index (κ1) is 15.1. The Balaban J connectivity index is 0.00000180. The fraction of sp³-hybridized carbons (Fsp3) is 0.143. The van der Waals surface area contributed by atoms with Crippen LogP contribution in [0.15, 0.2) is 48.8 Å². The molecular formula is C14H16ClN3O. The van der Waals surface area contributed by atoms with Crippen molar-refractivity contribution >= 4 is 18.2 Å². The van der Waals surface area contributed by atoms with E-state index in [2.05, 4.69) is 4.98 Å². The lowest BCUT2D eigenvalue weighted by Crippen LogP contribution is -2.10. The number of hydrogen-bond donors (Lipinski definition) is 2. The van der Waals surface area contributed by atoms with Crippen molar-refractivity contribution in [3.63, 3.8) is 0 Å². The van der Waals surface area contributed by atoms with Crippen LogP contribution in [0.3, 0.4) is 0 Å². The summed E-state index contributed by atoms with van der Waals surface area (Å²) in [6.45, 7) is 1.11. The van der Waals surface area contributed by atoms with Crippen LogP contribution in [-0.4, -0.2) is 10.8 Å². The molecule has 0 unspecified atom stereocenters. The van der Waals surface area contributed by atoms with Crippen LogP contribution in [0.1, 0.15) is 16.7 Å². The van der Waals surface area contributed by atoms with Gasteiger partial charge in [-0.3, -0.25) is 10.4 Å². The molecule has 0 bridgehead atoms. The zero-order chi connectivity index (χ0) is 12.8. The third-order valence-electron chi connectivity index (χ3n) is 2.55. The van der Waals surface area contributed by atoms with Crippen molar-refractivity contribution in [1.82, 2.24) is 4.98 Å². The molecule has 0 radical (unpaired) electrons. The summed E-state index contributed by atoms with van der Waals surface area (Å²) in [5.41, 5.74) is 8.28. The maximum absolute atomic E-state index is 7.30. The minimum Gasteiger partial charge on any atom is -0.384 e. The summed E-state index contributed by atoms with van der Waals surface area (Å²) >= 11 is 0. The van der Waals surface area contributed by atoms with Gasteiger partial charge in [0.2, 0.25) is 0 Å². The Hall–Kier alpha value is -1.91. The molecule has 1 aromatic heterocycles. The molecular weight excluding hydrogens is 262 g/mol. The first-order valence-electron chi connectivity index (χ1n) is 5.65. The van der Waals surface area contributed by atoms with Crippen molar-refractivity contribution in [3.05, 3.63) is 65.5 Å². The van der Waals surface area contributed by atoms with Gasteiger partial charge in [0.15, 0.2) is 0 Å². The van der Waals surface area contributed by atoms with E-state index in [1.807, 2.05) is 36.4 Å². The third-order valence-corrected chi connectivity index (χ3v) is 2.55. The molecule has 100 valence electrons. The van der Waals surface area contributed by atoms with E-state index in [9.17, 15) is 0 Å². The number of benzene rings is 1. The number of hydrogen-bond acceptors (Lipinski definition) is 3. The number of pyridine rings is 1. The van der Waals surface area contributed by atoms with Gasteiger partial charge in [0, 0.05) is 18.0 Å². The molecule has 2 rings (SSSR count). The van der Waals surface area contributed by atoms with Crippen molar-refractivity contribution in [2.45, 2.75) is 13.2 Å².